The highest BCUT2D eigenvalue weighted by Gasteiger charge is 2.10. The van der Waals surface area contributed by atoms with Crippen molar-refractivity contribution >= 4 is 5.69 Å². The van der Waals surface area contributed by atoms with Crippen LogP contribution in [0.25, 0.3) is 0 Å². The smallest absolute Gasteiger partial charge is 0.137 e. The summed E-state index contributed by atoms with van der Waals surface area (Å²) in [5.74, 6) is 0. The molecule has 18 heavy (non-hydrogen) atoms. The average molecular weight is 245 g/mol. The molecule has 1 aromatic rings. The Morgan fingerprint density at radius 3 is 2.72 bits per heavy atom. The van der Waals surface area contributed by atoms with Crippen molar-refractivity contribution < 1.29 is 5.11 Å². The first kappa shape index (κ1) is 12.5. The van der Waals surface area contributed by atoms with Crippen molar-refractivity contribution in [2.24, 2.45) is 5.73 Å². The van der Waals surface area contributed by atoms with Crippen LogP contribution in [0, 0.1) is 0 Å². The minimum Gasteiger partial charge on any atom is -0.399 e. The van der Waals surface area contributed by atoms with Gasteiger partial charge in [0.2, 0.25) is 0 Å². The molecule has 2 atom stereocenters. The summed E-state index contributed by atoms with van der Waals surface area (Å²) < 4.78 is 0. The third kappa shape index (κ3) is 3.28. The molecule has 96 valence electrons. The van der Waals surface area contributed by atoms with Gasteiger partial charge < -0.3 is 21.5 Å². The molecule has 0 spiro atoms. The number of nitrogens with two attached hydrogens (primary N) is 1. The molecular weight excluding hydrogens is 226 g/mol. The fraction of sp³-hybridized carbons (Fsp3) is 0.286. The Hall–Kier alpha value is -1.94. The van der Waals surface area contributed by atoms with Crippen molar-refractivity contribution in [2.75, 3.05) is 5.32 Å². The van der Waals surface area contributed by atoms with Gasteiger partial charge >= 0.3 is 0 Å². The van der Waals surface area contributed by atoms with E-state index in [1.54, 1.807) is 6.92 Å². The zero-order chi connectivity index (χ0) is 13.0. The number of aliphatic hydroxyl groups is 1. The Morgan fingerprint density at radius 1 is 1.39 bits per heavy atom. The van der Waals surface area contributed by atoms with Gasteiger partial charge in [0.05, 0.1) is 11.8 Å². The molecule has 1 heterocycles. The topological polar surface area (TPSA) is 70.3 Å². The Kier molecular flexibility index (Phi) is 3.89. The standard InChI is InChI=1S/C14H19N3O/c1-10(18)9-11-4-6-12(7-5-11)17-14-13(15)3-2-8-16-14/h2-8,10,14,16-18H,9,15H2,1H3/t10-,14?/m0/s1. The maximum absolute atomic E-state index is 9.31. The first-order valence-electron chi connectivity index (χ1n) is 6.07. The van der Waals surface area contributed by atoms with E-state index in [1.165, 1.54) is 0 Å². The van der Waals surface area contributed by atoms with Crippen molar-refractivity contribution in [1.29, 1.82) is 0 Å². The van der Waals surface area contributed by atoms with Crippen LogP contribution >= 0.6 is 0 Å². The van der Waals surface area contributed by atoms with E-state index in [9.17, 15) is 5.11 Å². The lowest BCUT2D eigenvalue weighted by molar-refractivity contribution is 0.195. The third-order valence-corrected chi connectivity index (χ3v) is 2.78. The molecule has 1 unspecified atom stereocenters. The summed E-state index contributed by atoms with van der Waals surface area (Å²) >= 11 is 0. The van der Waals surface area contributed by atoms with Crippen LogP contribution in [-0.4, -0.2) is 17.4 Å². The van der Waals surface area contributed by atoms with Crippen LogP contribution in [0.4, 0.5) is 5.69 Å². The molecule has 2 rings (SSSR count). The summed E-state index contributed by atoms with van der Waals surface area (Å²) in [6, 6.07) is 8.00. The molecule has 4 heteroatoms. The molecule has 1 aliphatic rings. The third-order valence-electron chi connectivity index (χ3n) is 2.78. The highest BCUT2D eigenvalue weighted by molar-refractivity contribution is 5.47. The lowest BCUT2D eigenvalue weighted by atomic mass is 10.1. The van der Waals surface area contributed by atoms with E-state index < -0.39 is 0 Å². The lowest BCUT2D eigenvalue weighted by Crippen LogP contribution is -2.39. The number of benzene rings is 1. The van der Waals surface area contributed by atoms with Gasteiger partial charge in [-0.05, 0) is 49.4 Å². The Balaban J connectivity index is 1.98. The number of aliphatic hydroxyl groups excluding tert-OH is 1. The molecule has 5 N–H and O–H groups in total. The van der Waals surface area contributed by atoms with Crippen molar-refractivity contribution in [1.82, 2.24) is 5.32 Å². The van der Waals surface area contributed by atoms with E-state index >= 15 is 0 Å². The van der Waals surface area contributed by atoms with Gasteiger partial charge in [-0.1, -0.05) is 12.1 Å². The van der Waals surface area contributed by atoms with E-state index in [2.05, 4.69) is 10.6 Å². The zero-order valence-corrected chi connectivity index (χ0v) is 10.4. The van der Waals surface area contributed by atoms with Gasteiger partial charge in [-0.3, -0.25) is 0 Å². The van der Waals surface area contributed by atoms with Crippen molar-refractivity contribution in [3.8, 4) is 0 Å². The van der Waals surface area contributed by atoms with Crippen molar-refractivity contribution in [2.45, 2.75) is 25.6 Å². The molecule has 1 aliphatic heterocycles. The van der Waals surface area contributed by atoms with E-state index in [-0.39, 0.29) is 12.3 Å². The second kappa shape index (κ2) is 5.60. The minimum absolute atomic E-state index is 0.0717. The highest BCUT2D eigenvalue weighted by atomic mass is 16.3. The number of nitrogens with one attached hydrogen (secondary N) is 2. The van der Waals surface area contributed by atoms with Crippen LogP contribution in [0.3, 0.4) is 0 Å². The highest BCUT2D eigenvalue weighted by Crippen LogP contribution is 2.13. The number of hydrogen-bond acceptors (Lipinski definition) is 4. The maximum Gasteiger partial charge on any atom is 0.137 e. The number of anilines is 1. The molecule has 0 saturated carbocycles. The van der Waals surface area contributed by atoms with Crippen LogP contribution in [-0.2, 0) is 6.42 Å². The SMILES string of the molecule is C[C@H](O)Cc1ccc(NC2NC=CC=C2N)cc1. The number of dihydropyridines is 1. The van der Waals surface area contributed by atoms with Gasteiger partial charge in [-0.25, -0.2) is 0 Å². The van der Waals surface area contributed by atoms with Crippen LogP contribution in [0.5, 0.6) is 0 Å². The Morgan fingerprint density at radius 2 is 2.11 bits per heavy atom. The van der Waals surface area contributed by atoms with Gasteiger partial charge in [0.25, 0.3) is 0 Å². The van der Waals surface area contributed by atoms with E-state index in [4.69, 9.17) is 5.73 Å². The minimum atomic E-state index is -0.312. The second-order valence-electron chi connectivity index (χ2n) is 4.52. The monoisotopic (exact) mass is 245 g/mol. The van der Waals surface area contributed by atoms with E-state index in [1.807, 2.05) is 42.6 Å². The van der Waals surface area contributed by atoms with Gasteiger partial charge in [-0.15, -0.1) is 0 Å². The van der Waals surface area contributed by atoms with Gasteiger partial charge in [0, 0.05) is 5.69 Å². The fourth-order valence-corrected chi connectivity index (χ4v) is 1.87. The van der Waals surface area contributed by atoms with Crippen LogP contribution in [0.2, 0.25) is 0 Å². The number of rotatable bonds is 4. The molecule has 4 nitrogen and oxygen atoms in total. The molecule has 0 saturated heterocycles. The van der Waals surface area contributed by atoms with E-state index in [0.29, 0.717) is 6.42 Å². The summed E-state index contributed by atoms with van der Waals surface area (Å²) in [6.07, 6.45) is 5.89. The van der Waals surface area contributed by atoms with E-state index in [0.717, 1.165) is 16.9 Å². The first-order valence-corrected chi connectivity index (χ1v) is 6.07. The lowest BCUT2D eigenvalue weighted by Gasteiger charge is -2.23. The zero-order valence-electron chi connectivity index (χ0n) is 10.4. The quantitative estimate of drug-likeness (QED) is 0.645. The average Bonchev–Trinajstić information content (AvgIpc) is 2.34. The molecular formula is C14H19N3O. The van der Waals surface area contributed by atoms with Gasteiger partial charge in [0.15, 0.2) is 0 Å². The summed E-state index contributed by atoms with van der Waals surface area (Å²) in [6.45, 7) is 1.79. The van der Waals surface area contributed by atoms with Crippen LogP contribution in [0.15, 0.2) is 48.3 Å². The number of hydrogen-bond donors (Lipinski definition) is 4. The molecule has 0 fully saturated rings. The fourth-order valence-electron chi connectivity index (χ4n) is 1.87. The van der Waals surface area contributed by atoms with Gasteiger partial charge in [0.1, 0.15) is 6.17 Å². The molecule has 0 aromatic heterocycles. The largest absolute Gasteiger partial charge is 0.399 e. The second-order valence-corrected chi connectivity index (χ2v) is 4.52. The number of allylic oxidation sites excluding steroid dienone is 2. The predicted octanol–water partition coefficient (Wildman–Crippen LogP) is 1.31. The van der Waals surface area contributed by atoms with Crippen LogP contribution < -0.4 is 16.4 Å². The molecule has 1 aromatic carbocycles. The molecule has 0 bridgehead atoms. The van der Waals surface area contributed by atoms with Crippen molar-refractivity contribution in [3.05, 3.63) is 53.9 Å². The molecule has 0 amide bonds. The summed E-state index contributed by atoms with van der Waals surface area (Å²) in [7, 11) is 0. The maximum atomic E-state index is 9.31. The summed E-state index contributed by atoms with van der Waals surface area (Å²) in [5, 5.41) is 15.7. The normalized spacial score (nSPS) is 19.9. The molecule has 0 radical (unpaired) electrons. The first-order chi connectivity index (χ1) is 8.65. The Bertz CT molecular complexity index is 449. The summed E-state index contributed by atoms with van der Waals surface area (Å²) in [5.41, 5.74) is 8.74. The Labute approximate surface area is 107 Å². The van der Waals surface area contributed by atoms with Crippen LogP contribution in [0.1, 0.15) is 12.5 Å². The van der Waals surface area contributed by atoms with Gasteiger partial charge in [-0.2, -0.15) is 0 Å². The predicted molar refractivity (Wildman–Crippen MR) is 73.8 cm³/mol. The summed E-state index contributed by atoms with van der Waals surface area (Å²) in [4.78, 5) is 0. The van der Waals surface area contributed by atoms with Crippen molar-refractivity contribution in [3.63, 3.8) is 0 Å². The molecule has 0 aliphatic carbocycles.